The van der Waals surface area contributed by atoms with Gasteiger partial charge in [-0.3, -0.25) is 9.59 Å². The van der Waals surface area contributed by atoms with Gasteiger partial charge in [0.25, 0.3) is 0 Å². The van der Waals surface area contributed by atoms with Gasteiger partial charge in [0.05, 0.1) is 10.8 Å². The van der Waals surface area contributed by atoms with Gasteiger partial charge in [-0.25, -0.2) is 0 Å². The summed E-state index contributed by atoms with van der Waals surface area (Å²) in [4.78, 5) is 26.9. The van der Waals surface area contributed by atoms with Crippen molar-refractivity contribution in [3.8, 4) is 0 Å². The van der Waals surface area contributed by atoms with Crippen LogP contribution in [0.5, 0.6) is 0 Å². The molecular weight excluding hydrogens is 447 g/mol. The Morgan fingerprint density at radius 3 is 1.50 bits per heavy atom. The first kappa shape index (κ1) is 35.0. The summed E-state index contributed by atoms with van der Waals surface area (Å²) in [6.45, 7) is 33.6. The second-order valence-corrected chi connectivity index (χ2v) is 17.1. The Labute approximate surface area is 225 Å². The molecule has 0 aliphatic rings. The molecule has 0 rings (SSSR count). The number of carbonyl (C=O) groups excluding carboxylic acids is 2. The monoisotopic (exact) mass is 508 g/mol. The first-order chi connectivity index (χ1) is 15.6. The number of ether oxygens (including phenoxy) is 2. The van der Waals surface area contributed by atoms with E-state index in [1.54, 1.807) is 0 Å². The van der Waals surface area contributed by atoms with E-state index in [-0.39, 0.29) is 34.3 Å². The molecule has 212 valence electrons. The Hall–Kier alpha value is -0.995. The third-order valence-electron chi connectivity index (χ3n) is 6.83. The van der Waals surface area contributed by atoms with E-state index in [9.17, 15) is 9.59 Å². The lowest BCUT2D eigenvalue weighted by atomic mass is 9.53. The molecule has 0 N–H and O–H groups in total. The van der Waals surface area contributed by atoms with E-state index in [0.29, 0.717) is 6.42 Å². The Kier molecular flexibility index (Phi) is 11.1. The van der Waals surface area contributed by atoms with E-state index in [0.717, 1.165) is 25.7 Å². The summed E-state index contributed by atoms with van der Waals surface area (Å²) in [5.74, 6) is -0.356. The second kappa shape index (κ2) is 11.4. The molecule has 2 unspecified atom stereocenters. The van der Waals surface area contributed by atoms with Gasteiger partial charge in [0, 0.05) is 5.41 Å². The predicted octanol–water partition coefficient (Wildman–Crippen LogP) is 8.17. The highest BCUT2D eigenvalue weighted by molar-refractivity contribution is 6.15. The van der Waals surface area contributed by atoms with Crippen molar-refractivity contribution in [2.75, 3.05) is 0 Å². The van der Waals surface area contributed by atoms with Crippen LogP contribution in [-0.2, 0) is 19.1 Å². The topological polar surface area (TPSA) is 52.6 Å². The van der Waals surface area contributed by atoms with E-state index in [1.807, 2.05) is 41.5 Å². The molecule has 0 aromatic carbocycles. The summed E-state index contributed by atoms with van der Waals surface area (Å²) in [5, 5.41) is -0.455. The van der Waals surface area contributed by atoms with Crippen LogP contribution in [0.2, 0.25) is 5.31 Å². The number of hydrogen-bond donors (Lipinski definition) is 0. The highest BCUT2D eigenvalue weighted by Crippen LogP contribution is 2.52. The van der Waals surface area contributed by atoms with Crippen LogP contribution in [0.25, 0.3) is 0 Å². The van der Waals surface area contributed by atoms with Crippen molar-refractivity contribution < 1.29 is 19.1 Å². The molecule has 4 nitrogen and oxygen atoms in total. The number of carbonyl (C=O) groups is 2. The number of hydrogen-bond acceptors (Lipinski definition) is 4. The quantitative estimate of drug-likeness (QED) is 0.197. The van der Waals surface area contributed by atoms with Gasteiger partial charge in [0.15, 0.2) is 0 Å². The maximum atomic E-state index is 13.5. The largest absolute Gasteiger partial charge is 0.462 e. The minimum absolute atomic E-state index is 0.0504. The molecule has 0 saturated heterocycles. The van der Waals surface area contributed by atoms with Crippen molar-refractivity contribution in [2.24, 2.45) is 27.1 Å². The molecule has 0 radical (unpaired) electrons. The van der Waals surface area contributed by atoms with Crippen molar-refractivity contribution >= 4 is 19.8 Å². The van der Waals surface area contributed by atoms with Gasteiger partial charge in [-0.2, -0.15) is 0 Å². The Bertz CT molecular complexity index is 746. The van der Waals surface area contributed by atoms with Crippen molar-refractivity contribution in [1.29, 1.82) is 0 Å². The second-order valence-electron chi connectivity index (χ2n) is 17.1. The zero-order valence-electron chi connectivity index (χ0n) is 27.2. The lowest BCUT2D eigenvalue weighted by molar-refractivity contribution is -0.176. The maximum Gasteiger partial charge on any atom is 0.312 e. The van der Waals surface area contributed by atoms with Gasteiger partial charge in [-0.15, -0.1) is 0 Å². The summed E-state index contributed by atoms with van der Waals surface area (Å²) in [6, 6.07) is 0. The molecule has 0 spiro atoms. The zero-order valence-corrected chi connectivity index (χ0v) is 27.2. The van der Waals surface area contributed by atoms with Gasteiger partial charge in [0.1, 0.15) is 19.6 Å². The third kappa shape index (κ3) is 11.6. The molecule has 0 aliphatic heterocycles. The maximum absolute atomic E-state index is 13.5. The van der Waals surface area contributed by atoms with Crippen LogP contribution in [-0.4, -0.2) is 31.5 Å². The lowest BCUT2D eigenvalue weighted by Gasteiger charge is -2.49. The average Bonchev–Trinajstić information content (AvgIpc) is 2.52. The van der Waals surface area contributed by atoms with E-state index >= 15 is 0 Å². The van der Waals surface area contributed by atoms with Crippen LogP contribution in [0, 0.1) is 27.1 Å². The number of esters is 2. The Morgan fingerprint density at radius 2 is 1.11 bits per heavy atom. The van der Waals surface area contributed by atoms with Crippen LogP contribution in [0.3, 0.4) is 0 Å². The molecule has 0 fully saturated rings. The third-order valence-corrected chi connectivity index (χ3v) is 6.83. The summed E-state index contributed by atoms with van der Waals surface area (Å²) < 4.78 is 12.5. The van der Waals surface area contributed by atoms with Gasteiger partial charge in [-0.05, 0) is 83.4 Å². The fourth-order valence-corrected chi connectivity index (χ4v) is 6.84. The molecule has 0 bridgehead atoms. The molecule has 0 aromatic rings. The first-order valence-electron chi connectivity index (χ1n) is 14.0. The predicted molar refractivity (Wildman–Crippen MR) is 156 cm³/mol. The summed E-state index contributed by atoms with van der Waals surface area (Å²) >= 11 is 0. The van der Waals surface area contributed by atoms with E-state index in [4.69, 9.17) is 9.47 Å². The molecule has 36 heavy (non-hydrogen) atoms. The van der Waals surface area contributed by atoms with E-state index in [2.05, 4.69) is 77.1 Å². The summed E-state index contributed by atoms with van der Waals surface area (Å²) in [5.41, 5.74) is -2.01. The molecule has 0 saturated carbocycles. The van der Waals surface area contributed by atoms with E-state index in [1.165, 1.54) is 0 Å². The first-order valence-corrected chi connectivity index (χ1v) is 14.0. The highest BCUT2D eigenvalue weighted by atomic mass is 16.6. The van der Waals surface area contributed by atoms with Crippen LogP contribution in [0.1, 0.15) is 143 Å². The fourth-order valence-electron chi connectivity index (χ4n) is 6.84. The Balaban J connectivity index is 6.17. The average molecular weight is 509 g/mol. The van der Waals surface area contributed by atoms with Gasteiger partial charge in [0.2, 0.25) is 0 Å². The fraction of sp³-hybridized carbons (Fsp3) is 0.935. The SMILES string of the molecule is BC(C)(CC(C)(C)C(=O)OC(C)(C)CC(C)(C)C)C(OC(=O)C(C)(C)CCC)C(C)(C)CC(C)(C)C. The minimum Gasteiger partial charge on any atom is -0.462 e. The lowest BCUT2D eigenvalue weighted by Crippen LogP contribution is -2.49. The van der Waals surface area contributed by atoms with Crippen molar-refractivity contribution in [3.05, 3.63) is 0 Å². The van der Waals surface area contributed by atoms with Gasteiger partial charge < -0.3 is 9.47 Å². The molecule has 2 atom stereocenters. The minimum atomic E-state index is -0.736. The standard InChI is InChI=1S/C31H61BO4/c1-17-18-27(8,9)23(33)35-22(28(10,11)19-25(2,3)4)31(16,32)21-29(12,13)24(34)36-30(14,15)20-26(5,6)7/h22H,17-21,32H2,1-16H3. The molecular formula is C31H61BO4. The van der Waals surface area contributed by atoms with Crippen molar-refractivity contribution in [1.82, 2.24) is 0 Å². The van der Waals surface area contributed by atoms with Crippen LogP contribution in [0.15, 0.2) is 0 Å². The summed E-state index contributed by atoms with van der Waals surface area (Å²) in [7, 11) is 2.14. The van der Waals surface area contributed by atoms with Crippen LogP contribution in [0.4, 0.5) is 0 Å². The smallest absolute Gasteiger partial charge is 0.312 e. The molecule has 5 heteroatoms. The molecule has 0 heterocycles. The normalized spacial score (nSPS) is 16.8. The van der Waals surface area contributed by atoms with Gasteiger partial charge >= 0.3 is 11.9 Å². The van der Waals surface area contributed by atoms with Gasteiger partial charge in [-0.1, -0.05) is 75.7 Å². The number of rotatable bonds is 12. The zero-order chi connectivity index (χ0) is 29.2. The van der Waals surface area contributed by atoms with Crippen LogP contribution < -0.4 is 0 Å². The van der Waals surface area contributed by atoms with E-state index < -0.39 is 21.7 Å². The molecule has 0 aliphatic carbocycles. The summed E-state index contributed by atoms with van der Waals surface area (Å²) in [6.07, 6.45) is 3.55. The van der Waals surface area contributed by atoms with Crippen molar-refractivity contribution in [3.63, 3.8) is 0 Å². The Morgan fingerprint density at radius 1 is 0.667 bits per heavy atom. The molecule has 0 aromatic heterocycles. The van der Waals surface area contributed by atoms with Crippen molar-refractivity contribution in [2.45, 2.75) is 160 Å². The highest BCUT2D eigenvalue weighted by Gasteiger charge is 2.50. The van der Waals surface area contributed by atoms with Crippen LogP contribution >= 0.6 is 0 Å². The molecule has 0 amide bonds.